The molecule has 0 aliphatic carbocycles. The number of nitrogens with zero attached hydrogens (tertiary/aromatic N) is 2. The van der Waals surface area contributed by atoms with Gasteiger partial charge in [-0.1, -0.05) is 13.8 Å². The molecular weight excluding hydrogens is 316 g/mol. The van der Waals surface area contributed by atoms with Gasteiger partial charge < -0.3 is 9.64 Å². The van der Waals surface area contributed by atoms with E-state index in [0.29, 0.717) is 32.7 Å². The fourth-order valence-electron chi connectivity index (χ4n) is 3.17. The maximum absolute atomic E-state index is 12.8. The molecule has 0 N–H and O–H groups in total. The first kappa shape index (κ1) is 16.4. The smallest absolute Gasteiger partial charge is 0.243 e. The number of benzene rings is 1. The molecule has 0 bridgehead atoms. The summed E-state index contributed by atoms with van der Waals surface area (Å²) < 4.78 is 32.3. The molecule has 0 unspecified atom stereocenters. The molecule has 3 rings (SSSR count). The van der Waals surface area contributed by atoms with Crippen molar-refractivity contribution in [3.8, 4) is 0 Å². The first-order valence-corrected chi connectivity index (χ1v) is 9.16. The number of hydrogen-bond acceptors (Lipinski definition) is 4. The average Bonchev–Trinajstić information content (AvgIpc) is 2.53. The molecule has 2 aliphatic rings. The SMILES string of the molecule is CN1C(=O)CC(C)(C)c2cc(S(=O)(=O)N3CCOCC3)ccc21. The second-order valence-corrected chi connectivity index (χ2v) is 8.65. The van der Waals surface area contributed by atoms with E-state index in [2.05, 4.69) is 0 Å². The third kappa shape index (κ3) is 2.77. The Morgan fingerprint density at radius 2 is 1.83 bits per heavy atom. The minimum Gasteiger partial charge on any atom is -0.379 e. The number of anilines is 1. The normalized spacial score (nSPS) is 22.0. The van der Waals surface area contributed by atoms with Crippen LogP contribution < -0.4 is 4.90 Å². The zero-order valence-electron chi connectivity index (χ0n) is 13.7. The summed E-state index contributed by atoms with van der Waals surface area (Å²) in [5, 5.41) is 0. The van der Waals surface area contributed by atoms with Gasteiger partial charge in [0.05, 0.1) is 18.1 Å². The number of amides is 1. The van der Waals surface area contributed by atoms with Crippen LogP contribution in [0.3, 0.4) is 0 Å². The average molecular weight is 338 g/mol. The summed E-state index contributed by atoms with van der Waals surface area (Å²) in [4.78, 5) is 14.0. The fraction of sp³-hybridized carbons (Fsp3) is 0.562. The molecule has 0 aromatic heterocycles. The number of rotatable bonds is 2. The van der Waals surface area contributed by atoms with E-state index in [1.807, 2.05) is 13.8 Å². The highest BCUT2D eigenvalue weighted by atomic mass is 32.2. The van der Waals surface area contributed by atoms with Crippen LogP contribution in [0.2, 0.25) is 0 Å². The molecule has 1 aromatic rings. The Balaban J connectivity index is 2.05. The number of ether oxygens (including phenoxy) is 1. The lowest BCUT2D eigenvalue weighted by Gasteiger charge is -2.37. The Labute approximate surface area is 137 Å². The first-order chi connectivity index (χ1) is 10.7. The van der Waals surface area contributed by atoms with Gasteiger partial charge in [0.15, 0.2) is 0 Å². The van der Waals surface area contributed by atoms with E-state index in [-0.39, 0.29) is 16.2 Å². The molecule has 2 heterocycles. The van der Waals surface area contributed by atoms with E-state index in [1.54, 1.807) is 30.1 Å². The predicted octanol–water partition coefficient (Wildman–Crippen LogP) is 1.35. The molecule has 7 heteroatoms. The molecule has 1 fully saturated rings. The number of hydrogen-bond donors (Lipinski definition) is 0. The van der Waals surface area contributed by atoms with E-state index in [4.69, 9.17) is 4.74 Å². The van der Waals surface area contributed by atoms with Crippen molar-refractivity contribution >= 4 is 21.6 Å². The predicted molar refractivity (Wildman–Crippen MR) is 87.1 cm³/mol. The van der Waals surface area contributed by atoms with Crippen molar-refractivity contribution in [3.05, 3.63) is 23.8 Å². The maximum Gasteiger partial charge on any atom is 0.243 e. The maximum atomic E-state index is 12.8. The summed E-state index contributed by atoms with van der Waals surface area (Å²) in [6.07, 6.45) is 0.373. The van der Waals surface area contributed by atoms with Crippen molar-refractivity contribution in [2.24, 2.45) is 0 Å². The van der Waals surface area contributed by atoms with Gasteiger partial charge in [-0.05, 0) is 23.8 Å². The van der Waals surface area contributed by atoms with Crippen LogP contribution in [0, 0.1) is 0 Å². The number of morpholine rings is 1. The summed E-state index contributed by atoms with van der Waals surface area (Å²) in [6, 6.07) is 5.05. The van der Waals surface area contributed by atoms with Crippen molar-refractivity contribution in [1.82, 2.24) is 4.31 Å². The van der Waals surface area contributed by atoms with Crippen LogP contribution in [0.25, 0.3) is 0 Å². The van der Waals surface area contributed by atoms with Gasteiger partial charge in [-0.2, -0.15) is 4.31 Å². The molecule has 1 aromatic carbocycles. The summed E-state index contributed by atoms with van der Waals surface area (Å²) in [6.45, 7) is 5.55. The molecule has 1 amide bonds. The Kier molecular flexibility index (Phi) is 3.98. The van der Waals surface area contributed by atoms with Gasteiger partial charge in [0.1, 0.15) is 0 Å². The molecular formula is C16H22N2O4S. The molecule has 0 saturated carbocycles. The molecule has 126 valence electrons. The number of fused-ring (bicyclic) bond motifs is 1. The van der Waals surface area contributed by atoms with Crippen molar-refractivity contribution in [1.29, 1.82) is 0 Å². The second-order valence-electron chi connectivity index (χ2n) is 6.71. The third-order valence-electron chi connectivity index (χ3n) is 4.63. The minimum absolute atomic E-state index is 0.0475. The summed E-state index contributed by atoms with van der Waals surface area (Å²) >= 11 is 0. The van der Waals surface area contributed by atoms with Crippen molar-refractivity contribution in [3.63, 3.8) is 0 Å². The minimum atomic E-state index is -3.53. The van der Waals surface area contributed by atoms with Crippen LogP contribution >= 0.6 is 0 Å². The highest BCUT2D eigenvalue weighted by molar-refractivity contribution is 7.89. The quantitative estimate of drug-likeness (QED) is 0.816. The van der Waals surface area contributed by atoms with Crippen LogP contribution in [-0.4, -0.2) is 52.0 Å². The van der Waals surface area contributed by atoms with Crippen molar-refractivity contribution in [2.75, 3.05) is 38.3 Å². The molecule has 6 nitrogen and oxygen atoms in total. The first-order valence-electron chi connectivity index (χ1n) is 7.72. The number of carbonyl (C=O) groups is 1. The van der Waals surface area contributed by atoms with Gasteiger partial charge in [0.2, 0.25) is 15.9 Å². The van der Waals surface area contributed by atoms with E-state index in [0.717, 1.165) is 11.3 Å². The zero-order valence-corrected chi connectivity index (χ0v) is 14.5. The molecule has 2 aliphatic heterocycles. The molecule has 0 spiro atoms. The highest BCUT2D eigenvalue weighted by Gasteiger charge is 2.36. The third-order valence-corrected chi connectivity index (χ3v) is 6.53. The van der Waals surface area contributed by atoms with Gasteiger partial charge >= 0.3 is 0 Å². The monoisotopic (exact) mass is 338 g/mol. The Morgan fingerprint density at radius 1 is 1.17 bits per heavy atom. The van der Waals surface area contributed by atoms with E-state index >= 15 is 0 Å². The van der Waals surface area contributed by atoms with Crippen molar-refractivity contribution < 1.29 is 17.9 Å². The topological polar surface area (TPSA) is 66.9 Å². The van der Waals surface area contributed by atoms with Crippen molar-refractivity contribution in [2.45, 2.75) is 30.6 Å². The summed E-state index contributed by atoms with van der Waals surface area (Å²) in [7, 11) is -1.80. The van der Waals surface area contributed by atoms with Crippen LogP contribution in [0.15, 0.2) is 23.1 Å². The Bertz CT molecular complexity index is 736. The van der Waals surface area contributed by atoms with Gasteiger partial charge in [-0.15, -0.1) is 0 Å². The van der Waals surface area contributed by atoms with Crippen LogP contribution in [0.4, 0.5) is 5.69 Å². The lowest BCUT2D eigenvalue weighted by molar-refractivity contribution is -0.119. The van der Waals surface area contributed by atoms with Gasteiger partial charge in [0, 0.05) is 37.7 Å². The van der Waals surface area contributed by atoms with Gasteiger partial charge in [-0.25, -0.2) is 8.42 Å². The highest BCUT2D eigenvalue weighted by Crippen LogP contribution is 2.40. The molecule has 0 radical (unpaired) electrons. The fourth-order valence-corrected chi connectivity index (χ4v) is 4.61. The standard InChI is InChI=1S/C16H22N2O4S/c1-16(2)11-15(19)17(3)14-5-4-12(10-13(14)16)23(20,21)18-6-8-22-9-7-18/h4-5,10H,6-9,11H2,1-3H3. The van der Waals surface area contributed by atoms with Gasteiger partial charge in [-0.3, -0.25) is 4.79 Å². The van der Waals surface area contributed by atoms with Crippen LogP contribution in [0.5, 0.6) is 0 Å². The summed E-state index contributed by atoms with van der Waals surface area (Å²) in [5.41, 5.74) is 1.30. The largest absolute Gasteiger partial charge is 0.379 e. The molecule has 23 heavy (non-hydrogen) atoms. The lowest BCUT2D eigenvalue weighted by atomic mass is 9.77. The Morgan fingerprint density at radius 3 is 2.48 bits per heavy atom. The second kappa shape index (κ2) is 5.58. The van der Waals surface area contributed by atoms with E-state index in [9.17, 15) is 13.2 Å². The molecule has 0 atom stereocenters. The Hall–Kier alpha value is -1.44. The number of sulfonamides is 1. The number of carbonyl (C=O) groups excluding carboxylic acids is 1. The lowest BCUT2D eigenvalue weighted by Crippen LogP contribution is -2.41. The van der Waals surface area contributed by atoms with E-state index < -0.39 is 10.0 Å². The van der Waals surface area contributed by atoms with Crippen LogP contribution in [-0.2, 0) is 25.0 Å². The van der Waals surface area contributed by atoms with Gasteiger partial charge in [0.25, 0.3) is 0 Å². The van der Waals surface area contributed by atoms with Crippen LogP contribution in [0.1, 0.15) is 25.8 Å². The summed E-state index contributed by atoms with van der Waals surface area (Å²) in [5.74, 6) is 0.0475. The molecule has 1 saturated heterocycles. The zero-order chi connectivity index (χ0) is 16.8. The van der Waals surface area contributed by atoms with E-state index in [1.165, 1.54) is 4.31 Å².